The molecular weight excluding hydrogens is 294 g/mol. The van der Waals surface area contributed by atoms with Gasteiger partial charge in [0.2, 0.25) is 0 Å². The fourth-order valence-electron chi connectivity index (χ4n) is 3.25. The van der Waals surface area contributed by atoms with Crippen molar-refractivity contribution in [3.8, 4) is 0 Å². The molecule has 1 aromatic carbocycles. The number of esters is 1. The van der Waals surface area contributed by atoms with Crippen LogP contribution in [0.2, 0.25) is 0 Å². The number of methoxy groups -OCH3 is 1. The zero-order valence-electron chi connectivity index (χ0n) is 13.4. The molecule has 3 rings (SSSR count). The number of hydrogen-bond donors (Lipinski definition) is 1. The molecule has 0 bridgehead atoms. The first-order valence-corrected chi connectivity index (χ1v) is 7.60. The first-order valence-electron chi connectivity index (χ1n) is 7.60. The lowest BCUT2D eigenvalue weighted by molar-refractivity contribution is -0.143. The van der Waals surface area contributed by atoms with E-state index in [1.54, 1.807) is 0 Å². The maximum Gasteiger partial charge on any atom is 0.346 e. The molecule has 2 unspecified atom stereocenters. The van der Waals surface area contributed by atoms with Crippen molar-refractivity contribution in [3.05, 3.63) is 57.8 Å². The average molecular weight is 313 g/mol. The van der Waals surface area contributed by atoms with Crippen molar-refractivity contribution in [3.63, 3.8) is 0 Å². The number of hydrogen-bond acceptors (Lipinski definition) is 4. The lowest BCUT2D eigenvalue weighted by atomic mass is 9.78. The van der Waals surface area contributed by atoms with E-state index in [0.29, 0.717) is 17.8 Å². The number of rotatable bonds is 3. The van der Waals surface area contributed by atoms with Gasteiger partial charge in [0.25, 0.3) is 0 Å². The quantitative estimate of drug-likeness (QED) is 0.881. The first kappa shape index (κ1) is 15.3. The molecule has 1 aliphatic rings. The van der Waals surface area contributed by atoms with E-state index < -0.39 is 5.92 Å². The summed E-state index contributed by atoms with van der Waals surface area (Å²) in [5.41, 5.74) is 2.76. The van der Waals surface area contributed by atoms with Crippen molar-refractivity contribution >= 4 is 11.7 Å². The molecule has 2 atom stereocenters. The number of ether oxygens (including phenoxy) is 1. The Bertz CT molecular complexity index is 817. The van der Waals surface area contributed by atoms with Gasteiger partial charge in [-0.1, -0.05) is 37.3 Å². The Balaban J connectivity index is 2.29. The Labute approximate surface area is 133 Å². The third-order valence-electron chi connectivity index (χ3n) is 4.29. The monoisotopic (exact) mass is 313 g/mol. The van der Waals surface area contributed by atoms with Gasteiger partial charge < -0.3 is 9.72 Å². The molecular formula is C17H19N3O3. The van der Waals surface area contributed by atoms with Gasteiger partial charge in [0.05, 0.1) is 18.5 Å². The number of H-pyrrole nitrogens is 1. The highest BCUT2D eigenvalue weighted by Gasteiger charge is 2.41. The largest absolute Gasteiger partial charge is 0.468 e. The lowest BCUT2D eigenvalue weighted by Gasteiger charge is -2.30. The molecule has 6 heteroatoms. The van der Waals surface area contributed by atoms with E-state index in [-0.39, 0.29) is 17.6 Å². The number of aromatic nitrogens is 2. The molecule has 0 amide bonds. The minimum atomic E-state index is -0.527. The average Bonchev–Trinajstić information content (AvgIpc) is 2.87. The smallest absolute Gasteiger partial charge is 0.346 e. The molecule has 0 saturated heterocycles. The summed E-state index contributed by atoms with van der Waals surface area (Å²) in [6, 6.07) is 9.68. The molecule has 23 heavy (non-hydrogen) atoms. The number of imidazole rings is 1. The molecule has 2 aromatic rings. The van der Waals surface area contributed by atoms with Gasteiger partial charge in [-0.05, 0) is 18.9 Å². The fraction of sp³-hybridized carbons (Fsp3) is 0.353. The maximum atomic E-state index is 12.4. The van der Waals surface area contributed by atoms with Crippen LogP contribution in [0.3, 0.4) is 0 Å². The van der Waals surface area contributed by atoms with Gasteiger partial charge in [0, 0.05) is 11.6 Å². The molecule has 1 aliphatic heterocycles. The van der Waals surface area contributed by atoms with E-state index in [0.717, 1.165) is 11.3 Å². The third-order valence-corrected chi connectivity index (χ3v) is 4.29. The van der Waals surface area contributed by atoms with E-state index in [4.69, 9.17) is 4.74 Å². The van der Waals surface area contributed by atoms with Crippen LogP contribution in [0.5, 0.6) is 0 Å². The number of nitrogens with one attached hydrogen (secondary N) is 1. The van der Waals surface area contributed by atoms with Crippen molar-refractivity contribution < 1.29 is 9.53 Å². The Morgan fingerprint density at radius 1 is 1.35 bits per heavy atom. The minimum Gasteiger partial charge on any atom is -0.468 e. The summed E-state index contributed by atoms with van der Waals surface area (Å²) in [4.78, 5) is 27.4. The topological polar surface area (TPSA) is 76.5 Å². The van der Waals surface area contributed by atoms with Gasteiger partial charge in [0.1, 0.15) is 5.92 Å². The molecule has 2 heterocycles. The predicted octanol–water partition coefficient (Wildman–Crippen LogP) is 2.03. The number of benzene rings is 1. The van der Waals surface area contributed by atoms with E-state index in [2.05, 4.69) is 10.1 Å². The van der Waals surface area contributed by atoms with Crippen molar-refractivity contribution in [1.82, 2.24) is 9.66 Å². The summed E-state index contributed by atoms with van der Waals surface area (Å²) in [5.74, 6) is -1.16. The van der Waals surface area contributed by atoms with Crippen LogP contribution in [0.25, 0.3) is 0 Å². The minimum absolute atomic E-state index is 0.285. The van der Waals surface area contributed by atoms with Crippen molar-refractivity contribution in [2.24, 2.45) is 11.0 Å². The highest BCUT2D eigenvalue weighted by Crippen LogP contribution is 2.38. The number of aryl methyl sites for hydroxylation is 1. The second kappa shape index (κ2) is 5.87. The van der Waals surface area contributed by atoms with Crippen molar-refractivity contribution in [1.29, 1.82) is 0 Å². The number of fused-ring (bicyclic) bond motifs is 1. The predicted molar refractivity (Wildman–Crippen MR) is 86.7 cm³/mol. The Morgan fingerprint density at radius 3 is 2.65 bits per heavy atom. The third kappa shape index (κ3) is 2.40. The van der Waals surface area contributed by atoms with Crippen LogP contribution in [0.4, 0.5) is 0 Å². The first-order chi connectivity index (χ1) is 11.1. The van der Waals surface area contributed by atoms with E-state index in [1.807, 2.05) is 44.2 Å². The van der Waals surface area contributed by atoms with Gasteiger partial charge in [-0.25, -0.2) is 4.79 Å². The molecule has 120 valence electrons. The Morgan fingerprint density at radius 2 is 2.04 bits per heavy atom. The molecule has 0 fully saturated rings. The zero-order valence-corrected chi connectivity index (χ0v) is 13.4. The van der Waals surface area contributed by atoms with Crippen molar-refractivity contribution in [2.75, 3.05) is 7.11 Å². The van der Waals surface area contributed by atoms with E-state index >= 15 is 0 Å². The zero-order chi connectivity index (χ0) is 16.6. The van der Waals surface area contributed by atoms with Crippen LogP contribution >= 0.6 is 0 Å². The number of aromatic amines is 1. The molecule has 1 aromatic heterocycles. The van der Waals surface area contributed by atoms with Crippen LogP contribution in [-0.4, -0.2) is 28.5 Å². The van der Waals surface area contributed by atoms with Crippen molar-refractivity contribution in [2.45, 2.75) is 26.2 Å². The number of carbonyl (C=O) groups excluding carboxylic acids is 1. The number of nitrogens with zero attached hydrogens (tertiary/aromatic N) is 2. The molecule has 1 N–H and O–H groups in total. The van der Waals surface area contributed by atoms with Crippen LogP contribution in [0.15, 0.2) is 40.2 Å². The molecule has 0 radical (unpaired) electrons. The standard InChI is InChI=1S/C17H19N3O3/c1-4-12-14(16(21)23-3)13(11-8-6-5-7-9-11)15-10(2)18-17(22)20(15)19-12/h5-9,13-14H,4H2,1-3H3,(H,18,22). The maximum absolute atomic E-state index is 12.4. The van der Waals surface area contributed by atoms with Crippen LogP contribution < -0.4 is 5.69 Å². The molecule has 6 nitrogen and oxygen atoms in total. The summed E-state index contributed by atoms with van der Waals surface area (Å²) in [7, 11) is 1.38. The van der Waals surface area contributed by atoms with Gasteiger partial charge in [0.15, 0.2) is 0 Å². The fourth-order valence-corrected chi connectivity index (χ4v) is 3.25. The molecule has 0 aliphatic carbocycles. The Hall–Kier alpha value is -2.63. The SMILES string of the molecule is CCC1=Nn2c(c(C)[nH]c2=O)C(c2ccccc2)C1C(=O)OC. The lowest BCUT2D eigenvalue weighted by Crippen LogP contribution is -2.38. The summed E-state index contributed by atoms with van der Waals surface area (Å²) >= 11 is 0. The normalized spacial score (nSPS) is 19.9. The molecule has 0 spiro atoms. The van der Waals surface area contributed by atoms with Gasteiger partial charge in [-0.3, -0.25) is 4.79 Å². The summed E-state index contributed by atoms with van der Waals surface area (Å²) < 4.78 is 6.40. The highest BCUT2D eigenvalue weighted by atomic mass is 16.5. The Kier molecular flexibility index (Phi) is 3.90. The number of carbonyl (C=O) groups is 1. The molecule has 0 saturated carbocycles. The van der Waals surface area contributed by atoms with E-state index in [1.165, 1.54) is 11.8 Å². The summed E-state index contributed by atoms with van der Waals surface area (Å²) in [6.45, 7) is 3.75. The van der Waals surface area contributed by atoms with Crippen LogP contribution in [-0.2, 0) is 9.53 Å². The van der Waals surface area contributed by atoms with Crippen LogP contribution in [0.1, 0.15) is 36.2 Å². The van der Waals surface area contributed by atoms with Gasteiger partial charge in [-0.15, -0.1) is 0 Å². The van der Waals surface area contributed by atoms with Crippen LogP contribution in [0, 0.1) is 12.8 Å². The second-order valence-corrected chi connectivity index (χ2v) is 5.59. The van der Waals surface area contributed by atoms with Gasteiger partial charge in [-0.2, -0.15) is 9.78 Å². The summed E-state index contributed by atoms with van der Waals surface area (Å²) in [5, 5.41) is 4.40. The van der Waals surface area contributed by atoms with Gasteiger partial charge >= 0.3 is 11.7 Å². The second-order valence-electron chi connectivity index (χ2n) is 5.59. The summed E-state index contributed by atoms with van der Waals surface area (Å²) in [6.07, 6.45) is 0.569. The highest BCUT2D eigenvalue weighted by molar-refractivity contribution is 6.04. The van der Waals surface area contributed by atoms with E-state index in [9.17, 15) is 9.59 Å².